The highest BCUT2D eigenvalue weighted by Gasteiger charge is 2.16. The quantitative estimate of drug-likeness (QED) is 0.161. The molecule has 0 N–H and O–H groups in total. The standard InChI is InChI=1S/C24H40F2O2/c1-7-8-9-11-18(2)13-14-20(4)22(6)16-15-21(5)19(3)12-10-17-28-24(27)23(25)26/h15-16,18-19,23H,4,7-14,17H2,1-3,5-6H3/b21-15+,22-16+. The Balaban J connectivity index is 4.27. The van der Waals surface area contributed by atoms with E-state index in [1.807, 2.05) is 0 Å². The first kappa shape index (κ1) is 26.6. The number of allylic oxidation sites excluding steroid dienone is 5. The van der Waals surface area contributed by atoms with Crippen molar-refractivity contribution in [2.45, 2.75) is 92.4 Å². The Morgan fingerprint density at radius 3 is 2.32 bits per heavy atom. The van der Waals surface area contributed by atoms with Gasteiger partial charge in [0.15, 0.2) is 0 Å². The Morgan fingerprint density at radius 1 is 1.04 bits per heavy atom. The average molecular weight is 399 g/mol. The molecule has 162 valence electrons. The first-order valence-electron chi connectivity index (χ1n) is 10.7. The summed E-state index contributed by atoms with van der Waals surface area (Å²) in [4.78, 5) is 10.7. The van der Waals surface area contributed by atoms with Gasteiger partial charge in [0.25, 0.3) is 0 Å². The summed E-state index contributed by atoms with van der Waals surface area (Å²) in [6.45, 7) is 15.1. The van der Waals surface area contributed by atoms with E-state index >= 15 is 0 Å². The number of hydrogen-bond donors (Lipinski definition) is 0. The van der Waals surface area contributed by atoms with Crippen LogP contribution in [0.15, 0.2) is 35.5 Å². The molecule has 0 aromatic heterocycles. The highest BCUT2D eigenvalue weighted by molar-refractivity contribution is 5.72. The number of carbonyl (C=O) groups excluding carboxylic acids is 1. The van der Waals surface area contributed by atoms with Gasteiger partial charge < -0.3 is 4.74 Å². The molecule has 0 aliphatic carbocycles. The van der Waals surface area contributed by atoms with Crippen molar-refractivity contribution in [1.82, 2.24) is 0 Å². The van der Waals surface area contributed by atoms with Crippen molar-refractivity contribution in [2.24, 2.45) is 11.8 Å². The summed E-state index contributed by atoms with van der Waals surface area (Å²) < 4.78 is 28.6. The number of halogens is 2. The molecule has 0 saturated heterocycles. The van der Waals surface area contributed by atoms with Crippen LogP contribution < -0.4 is 0 Å². The Hall–Kier alpha value is -1.45. The fourth-order valence-electron chi connectivity index (χ4n) is 2.90. The molecule has 4 heteroatoms. The van der Waals surface area contributed by atoms with Crippen molar-refractivity contribution in [2.75, 3.05) is 6.61 Å². The van der Waals surface area contributed by atoms with Crippen LogP contribution in [-0.4, -0.2) is 19.0 Å². The molecular weight excluding hydrogens is 358 g/mol. The third-order valence-corrected chi connectivity index (χ3v) is 5.37. The largest absolute Gasteiger partial charge is 0.461 e. The van der Waals surface area contributed by atoms with Crippen LogP contribution >= 0.6 is 0 Å². The van der Waals surface area contributed by atoms with Crippen molar-refractivity contribution in [3.8, 4) is 0 Å². The number of carbonyl (C=O) groups is 1. The third-order valence-electron chi connectivity index (χ3n) is 5.37. The summed E-state index contributed by atoms with van der Waals surface area (Å²) >= 11 is 0. The Kier molecular flexibility index (Phi) is 14.7. The summed E-state index contributed by atoms with van der Waals surface area (Å²) in [6.07, 6.45) is 9.99. The molecule has 2 atom stereocenters. The first-order chi connectivity index (χ1) is 13.2. The first-order valence-corrected chi connectivity index (χ1v) is 10.7. The third kappa shape index (κ3) is 12.9. The molecule has 0 rings (SSSR count). The topological polar surface area (TPSA) is 26.3 Å². The lowest BCUT2D eigenvalue weighted by atomic mass is 9.93. The van der Waals surface area contributed by atoms with Gasteiger partial charge in [-0.2, -0.15) is 8.78 Å². The number of alkyl halides is 2. The van der Waals surface area contributed by atoms with E-state index in [1.165, 1.54) is 48.8 Å². The van der Waals surface area contributed by atoms with Gasteiger partial charge in [0.05, 0.1) is 6.61 Å². The predicted molar refractivity (Wildman–Crippen MR) is 115 cm³/mol. The molecule has 0 saturated carbocycles. The van der Waals surface area contributed by atoms with Crippen LogP contribution in [0.4, 0.5) is 8.78 Å². The fourth-order valence-corrected chi connectivity index (χ4v) is 2.90. The molecule has 0 aromatic carbocycles. The van der Waals surface area contributed by atoms with Gasteiger partial charge in [-0.25, -0.2) is 4.79 Å². The maximum absolute atomic E-state index is 12.1. The van der Waals surface area contributed by atoms with Crippen molar-refractivity contribution < 1.29 is 18.3 Å². The molecule has 0 amide bonds. The summed E-state index contributed by atoms with van der Waals surface area (Å²) in [7, 11) is 0. The molecule has 0 spiro atoms. The average Bonchev–Trinajstić information content (AvgIpc) is 2.66. The predicted octanol–water partition coefficient (Wildman–Crippen LogP) is 7.66. The second-order valence-corrected chi connectivity index (χ2v) is 8.02. The number of esters is 1. The lowest BCUT2D eigenvalue weighted by Crippen LogP contribution is -2.15. The van der Waals surface area contributed by atoms with E-state index in [0.29, 0.717) is 12.3 Å². The van der Waals surface area contributed by atoms with Crippen molar-refractivity contribution in [3.05, 3.63) is 35.5 Å². The molecule has 28 heavy (non-hydrogen) atoms. The molecule has 0 bridgehead atoms. The van der Waals surface area contributed by atoms with E-state index in [0.717, 1.165) is 18.8 Å². The van der Waals surface area contributed by atoms with Crippen molar-refractivity contribution in [3.63, 3.8) is 0 Å². The van der Waals surface area contributed by atoms with Gasteiger partial charge in [-0.3, -0.25) is 0 Å². The molecule has 0 aromatic rings. The van der Waals surface area contributed by atoms with Crippen LogP contribution in [0.2, 0.25) is 0 Å². The molecule has 2 nitrogen and oxygen atoms in total. The monoisotopic (exact) mass is 398 g/mol. The molecule has 2 unspecified atom stereocenters. The minimum Gasteiger partial charge on any atom is -0.461 e. The van der Waals surface area contributed by atoms with Crippen molar-refractivity contribution in [1.29, 1.82) is 0 Å². The summed E-state index contributed by atoms with van der Waals surface area (Å²) in [6, 6.07) is 0. The van der Waals surface area contributed by atoms with E-state index in [-0.39, 0.29) is 6.61 Å². The molecule has 0 radical (unpaired) electrons. The summed E-state index contributed by atoms with van der Waals surface area (Å²) in [5.74, 6) is -0.384. The van der Waals surface area contributed by atoms with Gasteiger partial charge in [0, 0.05) is 0 Å². The normalized spacial score (nSPS) is 14.9. The Morgan fingerprint density at radius 2 is 1.71 bits per heavy atom. The molecule has 0 aliphatic rings. The van der Waals surface area contributed by atoms with Gasteiger partial charge >= 0.3 is 12.4 Å². The molecule has 0 heterocycles. The van der Waals surface area contributed by atoms with E-state index < -0.39 is 12.4 Å². The Labute approximate surface area is 171 Å². The van der Waals surface area contributed by atoms with Gasteiger partial charge in [-0.1, -0.05) is 76.3 Å². The number of hydrogen-bond acceptors (Lipinski definition) is 2. The number of unbranched alkanes of at least 4 members (excludes halogenated alkanes) is 2. The van der Waals surface area contributed by atoms with Crippen LogP contribution in [0.1, 0.15) is 86.0 Å². The van der Waals surface area contributed by atoms with Gasteiger partial charge in [-0.15, -0.1) is 0 Å². The van der Waals surface area contributed by atoms with Crippen LogP contribution in [0.3, 0.4) is 0 Å². The smallest absolute Gasteiger partial charge is 0.373 e. The van der Waals surface area contributed by atoms with E-state index in [4.69, 9.17) is 0 Å². The maximum atomic E-state index is 12.1. The number of rotatable bonds is 15. The fraction of sp³-hybridized carbons (Fsp3) is 0.708. The van der Waals surface area contributed by atoms with Gasteiger partial charge in [0.2, 0.25) is 0 Å². The second kappa shape index (κ2) is 15.5. The summed E-state index contributed by atoms with van der Waals surface area (Å²) in [5, 5.41) is 0. The van der Waals surface area contributed by atoms with E-state index in [2.05, 4.69) is 58.1 Å². The van der Waals surface area contributed by atoms with Crippen molar-refractivity contribution >= 4 is 5.97 Å². The molecule has 0 fully saturated rings. The minimum absolute atomic E-state index is 0.0446. The maximum Gasteiger partial charge on any atom is 0.373 e. The molecule has 0 aliphatic heterocycles. The van der Waals surface area contributed by atoms with Crippen LogP contribution in [0.5, 0.6) is 0 Å². The van der Waals surface area contributed by atoms with Gasteiger partial charge in [0.1, 0.15) is 0 Å². The van der Waals surface area contributed by atoms with Gasteiger partial charge in [-0.05, 0) is 56.9 Å². The minimum atomic E-state index is -3.04. The zero-order chi connectivity index (χ0) is 21.5. The number of ether oxygens (including phenoxy) is 1. The SMILES string of the molecule is C=C(CCC(C)CCCCC)/C(C)=C/C=C(\C)C(C)CCCOC(=O)C(F)F. The van der Waals surface area contributed by atoms with Crippen LogP contribution in [-0.2, 0) is 9.53 Å². The summed E-state index contributed by atoms with van der Waals surface area (Å²) in [5.41, 5.74) is 3.62. The zero-order valence-electron chi connectivity index (χ0n) is 18.5. The second-order valence-electron chi connectivity index (χ2n) is 8.02. The molecular formula is C24H40F2O2. The lowest BCUT2D eigenvalue weighted by molar-refractivity contribution is -0.156. The van der Waals surface area contributed by atoms with Crippen LogP contribution in [0.25, 0.3) is 0 Å². The zero-order valence-corrected chi connectivity index (χ0v) is 18.5. The lowest BCUT2D eigenvalue weighted by Gasteiger charge is -2.13. The van der Waals surface area contributed by atoms with E-state index in [1.54, 1.807) is 0 Å². The van der Waals surface area contributed by atoms with E-state index in [9.17, 15) is 13.6 Å². The van der Waals surface area contributed by atoms with Crippen LogP contribution in [0, 0.1) is 11.8 Å². The highest BCUT2D eigenvalue weighted by atomic mass is 19.3. The Bertz CT molecular complexity index is 521. The highest BCUT2D eigenvalue weighted by Crippen LogP contribution is 2.22.